The second kappa shape index (κ2) is 7.02. The summed E-state index contributed by atoms with van der Waals surface area (Å²) in [6.45, 7) is 2.30. The smallest absolute Gasteiger partial charge is 0.0937 e. The van der Waals surface area contributed by atoms with Crippen LogP contribution in [0.25, 0.3) is 0 Å². The zero-order valence-electron chi connectivity index (χ0n) is 9.95. The summed E-state index contributed by atoms with van der Waals surface area (Å²) < 4.78 is 0. The molecule has 1 fully saturated rings. The summed E-state index contributed by atoms with van der Waals surface area (Å²) in [5.41, 5.74) is 0. The molecule has 0 radical (unpaired) electrons. The first kappa shape index (κ1) is 12.1. The van der Waals surface area contributed by atoms with Gasteiger partial charge in [0.1, 0.15) is 0 Å². The molecule has 0 aromatic carbocycles. The molecule has 0 bridgehead atoms. The Labute approximate surface area is 102 Å². The molecule has 3 heteroatoms. The van der Waals surface area contributed by atoms with Gasteiger partial charge in [-0.3, -0.25) is 0 Å². The van der Waals surface area contributed by atoms with Gasteiger partial charge in [0.05, 0.1) is 5.01 Å². The largest absolute Gasteiger partial charge is 0.316 e. The van der Waals surface area contributed by atoms with Crippen molar-refractivity contribution in [3.8, 4) is 0 Å². The third-order valence-electron chi connectivity index (χ3n) is 3.41. The van der Waals surface area contributed by atoms with Crippen molar-refractivity contribution >= 4 is 11.3 Å². The van der Waals surface area contributed by atoms with Crippen molar-refractivity contribution in [1.82, 2.24) is 10.3 Å². The van der Waals surface area contributed by atoms with Crippen molar-refractivity contribution < 1.29 is 0 Å². The second-order valence-electron chi connectivity index (χ2n) is 4.74. The van der Waals surface area contributed by atoms with E-state index in [1.807, 2.05) is 6.20 Å². The van der Waals surface area contributed by atoms with Gasteiger partial charge in [-0.05, 0) is 25.3 Å². The van der Waals surface area contributed by atoms with E-state index in [4.69, 9.17) is 0 Å². The van der Waals surface area contributed by atoms with Crippen molar-refractivity contribution in [2.24, 2.45) is 5.92 Å². The number of hydrogen-bond donors (Lipinski definition) is 1. The Morgan fingerprint density at radius 1 is 1.25 bits per heavy atom. The molecule has 0 aliphatic heterocycles. The summed E-state index contributed by atoms with van der Waals surface area (Å²) >= 11 is 1.76. The molecule has 1 aromatic heterocycles. The highest BCUT2D eigenvalue weighted by atomic mass is 32.1. The zero-order valence-corrected chi connectivity index (χ0v) is 10.8. The summed E-state index contributed by atoms with van der Waals surface area (Å²) in [5, 5.41) is 6.90. The summed E-state index contributed by atoms with van der Waals surface area (Å²) in [4.78, 5) is 4.29. The Bertz CT molecular complexity index is 263. The quantitative estimate of drug-likeness (QED) is 0.629. The molecule has 2 nitrogen and oxygen atoms in total. The lowest BCUT2D eigenvalue weighted by molar-refractivity contribution is 0.427. The van der Waals surface area contributed by atoms with Crippen LogP contribution >= 0.6 is 11.3 Å². The van der Waals surface area contributed by atoms with E-state index in [2.05, 4.69) is 15.7 Å². The van der Waals surface area contributed by atoms with E-state index in [1.165, 1.54) is 50.1 Å². The minimum absolute atomic E-state index is 0.929. The van der Waals surface area contributed by atoms with Crippen LogP contribution in [0.3, 0.4) is 0 Å². The molecule has 1 heterocycles. The van der Waals surface area contributed by atoms with Gasteiger partial charge in [0.2, 0.25) is 0 Å². The predicted molar refractivity (Wildman–Crippen MR) is 69.9 cm³/mol. The van der Waals surface area contributed by atoms with E-state index in [9.17, 15) is 0 Å². The fraction of sp³-hybridized carbons (Fsp3) is 0.769. The molecule has 1 aliphatic carbocycles. The number of rotatable bonds is 5. The standard InChI is InChI=1S/C13H22N2S/c1-2-4-6-12(5-3-1)11-14-8-7-13-15-9-10-16-13/h9-10,12,14H,1-8,11H2. The van der Waals surface area contributed by atoms with Crippen LogP contribution in [0, 0.1) is 5.92 Å². The van der Waals surface area contributed by atoms with E-state index in [0.717, 1.165) is 18.9 Å². The topological polar surface area (TPSA) is 24.9 Å². The first-order chi connectivity index (χ1) is 7.95. The number of nitrogens with zero attached hydrogens (tertiary/aromatic N) is 1. The first-order valence-corrected chi connectivity index (χ1v) is 7.42. The first-order valence-electron chi connectivity index (χ1n) is 6.54. The molecule has 0 saturated heterocycles. The van der Waals surface area contributed by atoms with Crippen molar-refractivity contribution in [2.45, 2.75) is 44.9 Å². The highest BCUT2D eigenvalue weighted by Crippen LogP contribution is 2.21. The molecular formula is C13H22N2S. The molecule has 0 atom stereocenters. The van der Waals surface area contributed by atoms with Crippen LogP contribution in [0.1, 0.15) is 43.5 Å². The van der Waals surface area contributed by atoms with E-state index in [1.54, 1.807) is 11.3 Å². The molecule has 1 N–H and O–H groups in total. The fourth-order valence-corrected chi connectivity index (χ4v) is 3.07. The highest BCUT2D eigenvalue weighted by Gasteiger charge is 2.11. The van der Waals surface area contributed by atoms with Crippen LogP contribution in [0.2, 0.25) is 0 Å². The molecule has 0 spiro atoms. The van der Waals surface area contributed by atoms with Gasteiger partial charge in [-0.2, -0.15) is 0 Å². The number of hydrogen-bond acceptors (Lipinski definition) is 3. The van der Waals surface area contributed by atoms with Gasteiger partial charge in [-0.1, -0.05) is 25.7 Å². The summed E-state index contributed by atoms with van der Waals surface area (Å²) in [6.07, 6.45) is 11.6. The third-order valence-corrected chi connectivity index (χ3v) is 4.25. The molecule has 1 aromatic rings. The van der Waals surface area contributed by atoms with Crippen LogP contribution in [0.15, 0.2) is 11.6 Å². The molecule has 2 rings (SSSR count). The molecule has 0 unspecified atom stereocenters. The Hall–Kier alpha value is -0.410. The average Bonchev–Trinajstić information content (AvgIpc) is 2.68. The normalized spacial score (nSPS) is 18.5. The minimum atomic E-state index is 0.929. The Kier molecular flexibility index (Phi) is 5.29. The van der Waals surface area contributed by atoms with Crippen molar-refractivity contribution in [3.63, 3.8) is 0 Å². The summed E-state index contributed by atoms with van der Waals surface area (Å²) in [7, 11) is 0. The predicted octanol–water partition coefficient (Wildman–Crippen LogP) is 3.25. The summed E-state index contributed by atoms with van der Waals surface area (Å²) in [5.74, 6) is 0.929. The number of thiazole rings is 1. The maximum absolute atomic E-state index is 4.29. The molecule has 1 saturated carbocycles. The molecule has 0 amide bonds. The maximum atomic E-state index is 4.29. The molecule has 16 heavy (non-hydrogen) atoms. The second-order valence-corrected chi connectivity index (χ2v) is 5.72. The van der Waals surface area contributed by atoms with Crippen LogP contribution in [-0.2, 0) is 6.42 Å². The lowest BCUT2D eigenvalue weighted by Crippen LogP contribution is -2.24. The van der Waals surface area contributed by atoms with Gasteiger partial charge in [-0.25, -0.2) is 4.98 Å². The van der Waals surface area contributed by atoms with E-state index in [-0.39, 0.29) is 0 Å². The van der Waals surface area contributed by atoms with Crippen molar-refractivity contribution in [1.29, 1.82) is 0 Å². The maximum Gasteiger partial charge on any atom is 0.0937 e. The van der Waals surface area contributed by atoms with Crippen LogP contribution < -0.4 is 5.32 Å². The van der Waals surface area contributed by atoms with Gasteiger partial charge in [0, 0.05) is 24.5 Å². The van der Waals surface area contributed by atoms with Gasteiger partial charge >= 0.3 is 0 Å². The third kappa shape index (κ3) is 4.22. The Morgan fingerprint density at radius 3 is 2.75 bits per heavy atom. The monoisotopic (exact) mass is 238 g/mol. The van der Waals surface area contributed by atoms with Crippen molar-refractivity contribution in [3.05, 3.63) is 16.6 Å². The lowest BCUT2D eigenvalue weighted by atomic mass is 10.0. The number of nitrogens with one attached hydrogen (secondary N) is 1. The zero-order chi connectivity index (χ0) is 11.1. The molecule has 90 valence electrons. The highest BCUT2D eigenvalue weighted by molar-refractivity contribution is 7.09. The van der Waals surface area contributed by atoms with E-state index < -0.39 is 0 Å². The summed E-state index contributed by atoms with van der Waals surface area (Å²) in [6, 6.07) is 0. The van der Waals surface area contributed by atoms with E-state index >= 15 is 0 Å². The lowest BCUT2D eigenvalue weighted by Gasteiger charge is -2.14. The van der Waals surface area contributed by atoms with Gasteiger partial charge in [0.15, 0.2) is 0 Å². The Morgan fingerprint density at radius 2 is 2.06 bits per heavy atom. The minimum Gasteiger partial charge on any atom is -0.316 e. The van der Waals surface area contributed by atoms with Gasteiger partial charge in [-0.15, -0.1) is 11.3 Å². The fourth-order valence-electron chi connectivity index (χ4n) is 2.45. The average molecular weight is 238 g/mol. The van der Waals surface area contributed by atoms with Crippen LogP contribution in [0.5, 0.6) is 0 Å². The van der Waals surface area contributed by atoms with E-state index in [0.29, 0.717) is 0 Å². The van der Waals surface area contributed by atoms with Crippen LogP contribution in [0.4, 0.5) is 0 Å². The molecular weight excluding hydrogens is 216 g/mol. The van der Waals surface area contributed by atoms with Gasteiger partial charge in [0.25, 0.3) is 0 Å². The van der Waals surface area contributed by atoms with Crippen molar-refractivity contribution in [2.75, 3.05) is 13.1 Å². The van der Waals surface area contributed by atoms with Gasteiger partial charge < -0.3 is 5.32 Å². The SMILES string of the molecule is c1csc(CCNCC2CCCCCC2)n1. The number of aromatic nitrogens is 1. The Balaban J connectivity index is 1.56. The van der Waals surface area contributed by atoms with Crippen LogP contribution in [-0.4, -0.2) is 18.1 Å². The molecule has 1 aliphatic rings.